The molecule has 0 amide bonds. The summed E-state index contributed by atoms with van der Waals surface area (Å²) in [6.45, 7) is 4.25. The van der Waals surface area contributed by atoms with E-state index in [9.17, 15) is 4.79 Å². The van der Waals surface area contributed by atoms with Crippen molar-refractivity contribution in [1.29, 1.82) is 0 Å². The Labute approximate surface area is 179 Å². The maximum Gasteiger partial charge on any atom is 0.338 e. The number of anilines is 1. The number of methoxy groups -OCH3 is 1. The van der Waals surface area contributed by atoms with Gasteiger partial charge in [-0.25, -0.2) is 4.79 Å². The van der Waals surface area contributed by atoms with Crippen LogP contribution >= 0.6 is 12.2 Å². The average Bonchev–Trinajstić information content (AvgIpc) is 3.23. The molecule has 0 saturated carbocycles. The predicted molar refractivity (Wildman–Crippen MR) is 116 cm³/mol. The van der Waals surface area contributed by atoms with E-state index in [0.29, 0.717) is 34.7 Å². The molecule has 0 unspecified atom stereocenters. The zero-order valence-corrected chi connectivity index (χ0v) is 17.7. The Hall–Kier alpha value is -3.46. The zero-order chi connectivity index (χ0) is 21.5. The van der Waals surface area contributed by atoms with Crippen molar-refractivity contribution in [3.8, 4) is 17.1 Å². The first-order valence-electron chi connectivity index (χ1n) is 9.29. The number of esters is 1. The first-order valence-corrected chi connectivity index (χ1v) is 9.70. The maximum atomic E-state index is 11.9. The Bertz CT molecular complexity index is 1030. The van der Waals surface area contributed by atoms with E-state index in [1.807, 2.05) is 37.3 Å². The van der Waals surface area contributed by atoms with Crippen molar-refractivity contribution in [2.24, 2.45) is 0 Å². The number of nitrogens with zero attached hydrogens (tertiary/aromatic N) is 2. The van der Waals surface area contributed by atoms with Crippen LogP contribution < -0.4 is 15.4 Å². The maximum absolute atomic E-state index is 11.9. The molecule has 156 valence electrons. The van der Waals surface area contributed by atoms with Gasteiger partial charge < -0.3 is 24.6 Å². The number of carbonyl (C=O) groups excluding carboxylic acids is 1. The number of aromatic nitrogens is 2. The minimum atomic E-state index is -0.378. The molecular formula is C21H22N4O4S. The number of carbonyl (C=O) groups is 1. The summed E-state index contributed by atoms with van der Waals surface area (Å²) in [5, 5.41) is 10.4. The molecule has 0 saturated heterocycles. The molecule has 30 heavy (non-hydrogen) atoms. The van der Waals surface area contributed by atoms with Gasteiger partial charge in [-0.15, -0.1) is 0 Å². The molecule has 0 atom stereocenters. The SMILES string of the molecule is CCOC(=O)c1ccc(C)c(NC(=S)NCc2nc(-c3ccc(OC)cc3)no2)c1. The van der Waals surface area contributed by atoms with Gasteiger partial charge in [0.05, 0.1) is 25.8 Å². The van der Waals surface area contributed by atoms with Crippen LogP contribution in [0.1, 0.15) is 28.7 Å². The minimum absolute atomic E-state index is 0.256. The number of nitrogens with one attached hydrogen (secondary N) is 2. The van der Waals surface area contributed by atoms with Gasteiger partial charge in [0.1, 0.15) is 5.75 Å². The normalized spacial score (nSPS) is 10.4. The van der Waals surface area contributed by atoms with Gasteiger partial charge in [-0.1, -0.05) is 11.2 Å². The lowest BCUT2D eigenvalue weighted by Crippen LogP contribution is -2.28. The van der Waals surface area contributed by atoms with Crippen molar-refractivity contribution in [3.63, 3.8) is 0 Å². The molecule has 0 aliphatic rings. The van der Waals surface area contributed by atoms with Gasteiger partial charge in [0, 0.05) is 11.3 Å². The van der Waals surface area contributed by atoms with Crippen LogP contribution in [0.25, 0.3) is 11.4 Å². The van der Waals surface area contributed by atoms with Crippen LogP contribution in [0.3, 0.4) is 0 Å². The Morgan fingerprint density at radius 1 is 1.20 bits per heavy atom. The van der Waals surface area contributed by atoms with Crippen molar-refractivity contribution in [3.05, 3.63) is 59.5 Å². The Kier molecular flexibility index (Phi) is 6.97. The molecule has 0 aliphatic carbocycles. The Morgan fingerprint density at radius 2 is 1.97 bits per heavy atom. The van der Waals surface area contributed by atoms with Crippen LogP contribution in [0.4, 0.5) is 5.69 Å². The molecule has 0 bridgehead atoms. The van der Waals surface area contributed by atoms with Gasteiger partial charge in [-0.3, -0.25) is 0 Å². The highest BCUT2D eigenvalue weighted by atomic mass is 32.1. The second-order valence-electron chi connectivity index (χ2n) is 6.30. The molecule has 2 aromatic carbocycles. The summed E-state index contributed by atoms with van der Waals surface area (Å²) in [6, 6.07) is 12.6. The largest absolute Gasteiger partial charge is 0.497 e. The fourth-order valence-corrected chi connectivity index (χ4v) is 2.79. The van der Waals surface area contributed by atoms with Crippen LogP contribution in [0.5, 0.6) is 5.75 Å². The van der Waals surface area contributed by atoms with E-state index in [4.69, 9.17) is 26.2 Å². The number of thiocarbonyl (C=S) groups is 1. The molecule has 0 radical (unpaired) electrons. The molecule has 1 aromatic heterocycles. The monoisotopic (exact) mass is 426 g/mol. The van der Waals surface area contributed by atoms with E-state index >= 15 is 0 Å². The van der Waals surface area contributed by atoms with E-state index < -0.39 is 0 Å². The summed E-state index contributed by atoms with van der Waals surface area (Å²) in [6.07, 6.45) is 0. The highest BCUT2D eigenvalue weighted by Gasteiger charge is 2.12. The third kappa shape index (κ3) is 5.32. The molecule has 2 N–H and O–H groups in total. The van der Waals surface area contributed by atoms with Gasteiger partial charge in [0.15, 0.2) is 5.11 Å². The molecule has 0 fully saturated rings. The van der Waals surface area contributed by atoms with E-state index in [-0.39, 0.29) is 12.5 Å². The predicted octanol–water partition coefficient (Wildman–Crippen LogP) is 3.72. The first-order chi connectivity index (χ1) is 14.5. The molecular weight excluding hydrogens is 404 g/mol. The average molecular weight is 426 g/mol. The minimum Gasteiger partial charge on any atom is -0.497 e. The second kappa shape index (κ2) is 9.84. The Balaban J connectivity index is 1.59. The van der Waals surface area contributed by atoms with E-state index in [2.05, 4.69) is 20.8 Å². The Morgan fingerprint density at radius 3 is 2.67 bits per heavy atom. The van der Waals surface area contributed by atoms with E-state index in [1.54, 1.807) is 26.2 Å². The summed E-state index contributed by atoms with van der Waals surface area (Å²) >= 11 is 5.34. The molecule has 1 heterocycles. The van der Waals surface area contributed by atoms with Crippen molar-refractivity contribution < 1.29 is 18.8 Å². The number of hydrogen-bond acceptors (Lipinski definition) is 7. The molecule has 3 rings (SSSR count). The standard InChI is InChI=1S/C21H22N4O4S/c1-4-28-20(26)15-6-5-13(2)17(11-15)23-21(30)22-12-18-24-19(25-29-18)14-7-9-16(27-3)10-8-14/h5-11H,4,12H2,1-3H3,(H2,22,23,30). The number of aryl methyl sites for hydroxylation is 1. The smallest absolute Gasteiger partial charge is 0.338 e. The molecule has 9 heteroatoms. The van der Waals surface area contributed by atoms with E-state index in [0.717, 1.165) is 16.9 Å². The number of ether oxygens (including phenoxy) is 2. The van der Waals surface area contributed by atoms with Gasteiger partial charge in [-0.2, -0.15) is 4.98 Å². The van der Waals surface area contributed by atoms with Crippen LogP contribution in [0.15, 0.2) is 47.0 Å². The molecule has 3 aromatic rings. The van der Waals surface area contributed by atoms with Crippen molar-refractivity contribution in [2.45, 2.75) is 20.4 Å². The fourth-order valence-electron chi connectivity index (χ4n) is 2.60. The number of benzene rings is 2. The summed E-state index contributed by atoms with van der Waals surface area (Å²) in [5.41, 5.74) is 2.92. The lowest BCUT2D eigenvalue weighted by atomic mass is 10.1. The highest BCUT2D eigenvalue weighted by molar-refractivity contribution is 7.80. The summed E-state index contributed by atoms with van der Waals surface area (Å²) in [5.74, 6) is 1.24. The van der Waals surface area contributed by atoms with Crippen LogP contribution in [0.2, 0.25) is 0 Å². The second-order valence-corrected chi connectivity index (χ2v) is 6.71. The lowest BCUT2D eigenvalue weighted by molar-refractivity contribution is 0.0526. The molecule has 8 nitrogen and oxygen atoms in total. The van der Waals surface area contributed by atoms with Crippen molar-refractivity contribution in [2.75, 3.05) is 19.0 Å². The van der Waals surface area contributed by atoms with Gasteiger partial charge in [0.2, 0.25) is 11.7 Å². The summed E-state index contributed by atoms with van der Waals surface area (Å²) < 4.78 is 15.5. The fraction of sp³-hybridized carbons (Fsp3) is 0.238. The highest BCUT2D eigenvalue weighted by Crippen LogP contribution is 2.20. The zero-order valence-electron chi connectivity index (χ0n) is 16.9. The van der Waals surface area contributed by atoms with E-state index in [1.165, 1.54) is 0 Å². The lowest BCUT2D eigenvalue weighted by Gasteiger charge is -2.12. The van der Waals surface area contributed by atoms with Crippen molar-refractivity contribution >= 4 is 29.0 Å². The number of rotatable bonds is 7. The van der Waals surface area contributed by atoms with Crippen LogP contribution in [-0.4, -0.2) is 34.9 Å². The number of hydrogen-bond donors (Lipinski definition) is 2. The summed E-state index contributed by atoms with van der Waals surface area (Å²) in [7, 11) is 1.61. The van der Waals surface area contributed by atoms with Crippen LogP contribution in [-0.2, 0) is 11.3 Å². The third-order valence-corrected chi connectivity index (χ3v) is 4.46. The van der Waals surface area contributed by atoms with Crippen LogP contribution in [0, 0.1) is 6.92 Å². The molecule has 0 aliphatic heterocycles. The topological polar surface area (TPSA) is 98.5 Å². The quantitative estimate of drug-likeness (QED) is 0.433. The van der Waals surface area contributed by atoms with Gasteiger partial charge >= 0.3 is 5.97 Å². The van der Waals surface area contributed by atoms with Gasteiger partial charge in [-0.05, 0) is 68.0 Å². The molecule has 0 spiro atoms. The van der Waals surface area contributed by atoms with Crippen molar-refractivity contribution in [1.82, 2.24) is 15.5 Å². The first kappa shape index (κ1) is 21.3. The van der Waals surface area contributed by atoms with Gasteiger partial charge in [0.25, 0.3) is 0 Å². The summed E-state index contributed by atoms with van der Waals surface area (Å²) in [4.78, 5) is 16.3. The third-order valence-electron chi connectivity index (χ3n) is 4.21.